The van der Waals surface area contributed by atoms with Gasteiger partial charge >= 0.3 is 5.97 Å². The molecule has 0 atom stereocenters. The highest BCUT2D eigenvalue weighted by Crippen LogP contribution is 2.10. The number of carboxylic acid groups (broad SMARTS) is 1. The number of aromatic amines is 1. The first-order valence-electron chi connectivity index (χ1n) is 6.38. The predicted molar refractivity (Wildman–Crippen MR) is 70.5 cm³/mol. The molecule has 2 heterocycles. The molecule has 0 aromatic carbocycles. The summed E-state index contributed by atoms with van der Waals surface area (Å²) in [7, 11) is 0. The second-order valence-electron chi connectivity index (χ2n) is 4.57. The quantitative estimate of drug-likeness (QED) is 0.766. The SMILES string of the molecule is CCc1cc(=O)[nH]c(N2CCN(CC(=O)O)CC2)n1. The van der Waals surface area contributed by atoms with E-state index in [-0.39, 0.29) is 12.1 Å². The summed E-state index contributed by atoms with van der Waals surface area (Å²) in [6.45, 7) is 4.68. The second kappa shape index (κ2) is 5.83. The zero-order valence-electron chi connectivity index (χ0n) is 10.9. The molecule has 0 spiro atoms. The zero-order valence-corrected chi connectivity index (χ0v) is 10.9. The van der Waals surface area contributed by atoms with E-state index in [1.165, 1.54) is 6.07 Å². The first-order valence-corrected chi connectivity index (χ1v) is 6.38. The minimum absolute atomic E-state index is 0.0623. The molecule has 2 rings (SSSR count). The fourth-order valence-electron chi connectivity index (χ4n) is 2.13. The van der Waals surface area contributed by atoms with Crippen molar-refractivity contribution in [3.63, 3.8) is 0 Å². The summed E-state index contributed by atoms with van der Waals surface area (Å²) in [5.74, 6) is -0.229. The van der Waals surface area contributed by atoms with E-state index in [4.69, 9.17) is 5.11 Å². The van der Waals surface area contributed by atoms with Gasteiger partial charge in [-0.3, -0.25) is 19.5 Å². The Morgan fingerprint density at radius 3 is 2.68 bits per heavy atom. The lowest BCUT2D eigenvalue weighted by molar-refractivity contribution is -0.138. The van der Waals surface area contributed by atoms with Crippen LogP contribution < -0.4 is 10.5 Å². The van der Waals surface area contributed by atoms with Crippen LogP contribution in [0.15, 0.2) is 10.9 Å². The molecule has 0 saturated carbocycles. The molecule has 104 valence electrons. The van der Waals surface area contributed by atoms with Gasteiger partial charge in [0, 0.05) is 37.9 Å². The van der Waals surface area contributed by atoms with Crippen LogP contribution in [0.1, 0.15) is 12.6 Å². The normalized spacial score (nSPS) is 16.6. The fourth-order valence-corrected chi connectivity index (χ4v) is 2.13. The van der Waals surface area contributed by atoms with Crippen molar-refractivity contribution in [3.8, 4) is 0 Å². The summed E-state index contributed by atoms with van der Waals surface area (Å²) in [6, 6.07) is 1.50. The number of aliphatic carboxylic acids is 1. The molecule has 0 radical (unpaired) electrons. The summed E-state index contributed by atoms with van der Waals surface area (Å²) in [5, 5.41) is 8.74. The van der Waals surface area contributed by atoms with Crippen molar-refractivity contribution in [2.24, 2.45) is 0 Å². The summed E-state index contributed by atoms with van der Waals surface area (Å²) >= 11 is 0. The highest BCUT2D eigenvalue weighted by atomic mass is 16.4. The minimum Gasteiger partial charge on any atom is -0.480 e. The third kappa shape index (κ3) is 3.54. The molecular weight excluding hydrogens is 248 g/mol. The minimum atomic E-state index is -0.812. The van der Waals surface area contributed by atoms with Gasteiger partial charge in [0.25, 0.3) is 5.56 Å². The number of aromatic nitrogens is 2. The predicted octanol–water partition coefficient (Wildman–Crippen LogP) is -0.461. The highest BCUT2D eigenvalue weighted by Gasteiger charge is 2.20. The zero-order chi connectivity index (χ0) is 13.8. The lowest BCUT2D eigenvalue weighted by Gasteiger charge is -2.34. The number of carbonyl (C=O) groups is 1. The van der Waals surface area contributed by atoms with Crippen molar-refractivity contribution in [3.05, 3.63) is 22.1 Å². The summed E-state index contributed by atoms with van der Waals surface area (Å²) in [4.78, 5) is 33.1. The van der Waals surface area contributed by atoms with Crippen molar-refractivity contribution < 1.29 is 9.90 Å². The van der Waals surface area contributed by atoms with Gasteiger partial charge in [0.15, 0.2) is 0 Å². The van der Waals surface area contributed by atoms with E-state index in [0.29, 0.717) is 32.1 Å². The van der Waals surface area contributed by atoms with Gasteiger partial charge in [0.1, 0.15) is 0 Å². The smallest absolute Gasteiger partial charge is 0.317 e. The second-order valence-corrected chi connectivity index (χ2v) is 4.57. The molecule has 1 aromatic rings. The van der Waals surface area contributed by atoms with Crippen LogP contribution in [0.25, 0.3) is 0 Å². The fraction of sp³-hybridized carbons (Fsp3) is 0.583. The van der Waals surface area contributed by atoms with E-state index in [9.17, 15) is 9.59 Å². The van der Waals surface area contributed by atoms with E-state index in [1.807, 2.05) is 16.7 Å². The molecule has 7 nitrogen and oxygen atoms in total. The highest BCUT2D eigenvalue weighted by molar-refractivity contribution is 5.69. The Hall–Kier alpha value is -1.89. The standard InChI is InChI=1S/C12H18N4O3/c1-2-9-7-10(17)14-12(13-9)16-5-3-15(4-6-16)8-11(18)19/h7H,2-6,8H2,1H3,(H,18,19)(H,13,14,17). The summed E-state index contributed by atoms with van der Waals surface area (Å²) < 4.78 is 0. The molecule has 0 bridgehead atoms. The molecule has 0 amide bonds. The van der Waals surface area contributed by atoms with Crippen LogP contribution in [0, 0.1) is 0 Å². The number of piperazine rings is 1. The lowest BCUT2D eigenvalue weighted by Crippen LogP contribution is -2.48. The summed E-state index contributed by atoms with van der Waals surface area (Å²) in [6.07, 6.45) is 0.718. The number of rotatable bonds is 4. The van der Waals surface area contributed by atoms with Crippen LogP contribution in [0.3, 0.4) is 0 Å². The Bertz CT molecular complexity index is 506. The maximum Gasteiger partial charge on any atom is 0.317 e. The number of carboxylic acids is 1. The number of aryl methyl sites for hydroxylation is 1. The van der Waals surface area contributed by atoms with E-state index >= 15 is 0 Å². The largest absolute Gasteiger partial charge is 0.480 e. The van der Waals surface area contributed by atoms with Crippen LogP contribution in [0.2, 0.25) is 0 Å². The number of nitrogens with zero attached hydrogens (tertiary/aromatic N) is 3. The monoisotopic (exact) mass is 266 g/mol. The third-order valence-electron chi connectivity index (χ3n) is 3.18. The number of anilines is 1. The molecule has 7 heteroatoms. The maximum atomic E-state index is 11.5. The van der Waals surface area contributed by atoms with Gasteiger partial charge in [-0.25, -0.2) is 4.98 Å². The average Bonchev–Trinajstić information content (AvgIpc) is 2.38. The van der Waals surface area contributed by atoms with Crippen LogP contribution in [0.5, 0.6) is 0 Å². The van der Waals surface area contributed by atoms with Gasteiger partial charge in [-0.2, -0.15) is 0 Å². The van der Waals surface area contributed by atoms with Gasteiger partial charge in [0.05, 0.1) is 6.54 Å². The van der Waals surface area contributed by atoms with Crippen molar-refractivity contribution in [2.45, 2.75) is 13.3 Å². The van der Waals surface area contributed by atoms with Crippen molar-refractivity contribution in [1.29, 1.82) is 0 Å². The Balaban J connectivity index is 2.03. The van der Waals surface area contributed by atoms with Crippen LogP contribution in [-0.2, 0) is 11.2 Å². The van der Waals surface area contributed by atoms with Gasteiger partial charge in [-0.05, 0) is 6.42 Å². The third-order valence-corrected chi connectivity index (χ3v) is 3.18. The van der Waals surface area contributed by atoms with E-state index in [2.05, 4.69) is 9.97 Å². The summed E-state index contributed by atoms with van der Waals surface area (Å²) in [5.41, 5.74) is 0.626. The molecule has 19 heavy (non-hydrogen) atoms. The first kappa shape index (κ1) is 13.5. The van der Waals surface area contributed by atoms with Crippen LogP contribution >= 0.6 is 0 Å². The van der Waals surface area contributed by atoms with E-state index < -0.39 is 5.97 Å². The number of hydrogen-bond acceptors (Lipinski definition) is 5. The number of nitrogens with one attached hydrogen (secondary N) is 1. The van der Waals surface area contributed by atoms with Crippen LogP contribution in [0.4, 0.5) is 5.95 Å². The van der Waals surface area contributed by atoms with Crippen LogP contribution in [-0.4, -0.2) is 58.7 Å². The maximum absolute atomic E-state index is 11.5. The Labute approximate surface area is 110 Å². The topological polar surface area (TPSA) is 89.5 Å². The van der Waals surface area contributed by atoms with Crippen molar-refractivity contribution >= 4 is 11.9 Å². The first-order chi connectivity index (χ1) is 9.08. The molecule has 1 aromatic heterocycles. The average molecular weight is 266 g/mol. The Morgan fingerprint density at radius 2 is 2.11 bits per heavy atom. The van der Waals surface area contributed by atoms with Gasteiger partial charge in [-0.15, -0.1) is 0 Å². The van der Waals surface area contributed by atoms with Gasteiger partial charge in [0.2, 0.25) is 5.95 Å². The Morgan fingerprint density at radius 1 is 1.42 bits per heavy atom. The molecule has 1 fully saturated rings. The molecule has 1 aliphatic rings. The van der Waals surface area contributed by atoms with E-state index in [1.54, 1.807) is 0 Å². The molecular formula is C12H18N4O3. The van der Waals surface area contributed by atoms with Gasteiger partial charge in [-0.1, -0.05) is 6.92 Å². The molecule has 1 saturated heterocycles. The van der Waals surface area contributed by atoms with E-state index in [0.717, 1.165) is 12.1 Å². The number of hydrogen-bond donors (Lipinski definition) is 2. The molecule has 1 aliphatic heterocycles. The van der Waals surface area contributed by atoms with Gasteiger partial charge < -0.3 is 10.0 Å². The molecule has 0 aliphatic carbocycles. The van der Waals surface area contributed by atoms with Crippen molar-refractivity contribution in [1.82, 2.24) is 14.9 Å². The van der Waals surface area contributed by atoms with Crippen molar-refractivity contribution in [2.75, 3.05) is 37.6 Å². The lowest BCUT2D eigenvalue weighted by atomic mass is 10.3. The number of H-pyrrole nitrogens is 1. The molecule has 0 unspecified atom stereocenters. The molecule has 2 N–H and O–H groups in total. The Kier molecular flexibility index (Phi) is 4.16.